The molecule has 98 valence electrons. The molecule has 0 spiro atoms. The van der Waals surface area contributed by atoms with Gasteiger partial charge in [0.05, 0.1) is 0 Å². The molecule has 4 heteroatoms. The summed E-state index contributed by atoms with van der Waals surface area (Å²) in [7, 11) is 0. The van der Waals surface area contributed by atoms with Gasteiger partial charge in [-0.05, 0) is 39.8 Å². The van der Waals surface area contributed by atoms with Crippen LogP contribution in [0.4, 0.5) is 0 Å². The van der Waals surface area contributed by atoms with Crippen LogP contribution in [0.1, 0.15) is 38.1 Å². The number of Topliss-reactive ketones (excluding diaryl/α,β-unsaturated/α-hetero) is 1. The number of benzene rings is 1. The van der Waals surface area contributed by atoms with Crippen LogP contribution in [0.5, 0.6) is 5.75 Å². The van der Waals surface area contributed by atoms with Gasteiger partial charge in [-0.25, -0.2) is 0 Å². The van der Waals surface area contributed by atoms with Gasteiger partial charge in [-0.15, -0.1) is 0 Å². The number of amides is 1. The zero-order valence-electron chi connectivity index (χ0n) is 11.2. The lowest BCUT2D eigenvalue weighted by Crippen LogP contribution is -2.43. The van der Waals surface area contributed by atoms with Crippen molar-refractivity contribution in [3.8, 4) is 5.75 Å². The van der Waals surface area contributed by atoms with E-state index in [-0.39, 0.29) is 23.8 Å². The first-order valence-electron chi connectivity index (χ1n) is 5.83. The fraction of sp³-hybridized carbons (Fsp3) is 0.429. The third-order valence-corrected chi connectivity index (χ3v) is 2.12. The molecule has 1 rings (SSSR count). The van der Waals surface area contributed by atoms with E-state index in [2.05, 4.69) is 5.32 Å². The Balaban J connectivity index is 2.56. The number of rotatable bonds is 4. The van der Waals surface area contributed by atoms with E-state index >= 15 is 0 Å². The van der Waals surface area contributed by atoms with E-state index in [0.29, 0.717) is 11.3 Å². The number of ketones is 1. The van der Waals surface area contributed by atoms with Gasteiger partial charge in [-0.3, -0.25) is 9.59 Å². The van der Waals surface area contributed by atoms with Crippen LogP contribution < -0.4 is 10.1 Å². The molecule has 0 bridgehead atoms. The topological polar surface area (TPSA) is 55.4 Å². The molecule has 0 aliphatic rings. The van der Waals surface area contributed by atoms with Gasteiger partial charge in [-0.2, -0.15) is 0 Å². The molecule has 1 aromatic carbocycles. The Kier molecular flexibility index (Phi) is 4.48. The predicted octanol–water partition coefficient (Wildman–Crippen LogP) is 2.18. The van der Waals surface area contributed by atoms with E-state index in [4.69, 9.17) is 4.74 Å². The monoisotopic (exact) mass is 249 g/mol. The van der Waals surface area contributed by atoms with Crippen molar-refractivity contribution in [1.29, 1.82) is 0 Å². The summed E-state index contributed by atoms with van der Waals surface area (Å²) < 4.78 is 5.34. The Morgan fingerprint density at radius 2 is 1.94 bits per heavy atom. The molecule has 4 nitrogen and oxygen atoms in total. The third-order valence-electron chi connectivity index (χ3n) is 2.12. The van der Waals surface area contributed by atoms with Gasteiger partial charge in [0.2, 0.25) is 0 Å². The van der Waals surface area contributed by atoms with E-state index < -0.39 is 0 Å². The molecule has 0 saturated carbocycles. The highest BCUT2D eigenvalue weighted by atomic mass is 16.5. The number of nitrogens with one attached hydrogen (secondary N) is 1. The lowest BCUT2D eigenvalue weighted by atomic mass is 10.1. The maximum atomic E-state index is 11.5. The molecule has 0 aromatic heterocycles. The fourth-order valence-corrected chi connectivity index (χ4v) is 1.41. The highest BCUT2D eigenvalue weighted by Gasteiger charge is 2.14. The Hall–Kier alpha value is -1.84. The fourth-order valence-electron chi connectivity index (χ4n) is 1.41. The van der Waals surface area contributed by atoms with Crippen molar-refractivity contribution in [2.45, 2.75) is 33.2 Å². The highest BCUT2D eigenvalue weighted by Crippen LogP contribution is 2.13. The lowest BCUT2D eigenvalue weighted by molar-refractivity contribution is -0.124. The van der Waals surface area contributed by atoms with Crippen LogP contribution in [-0.2, 0) is 4.79 Å². The van der Waals surface area contributed by atoms with Gasteiger partial charge in [0.25, 0.3) is 5.91 Å². The maximum absolute atomic E-state index is 11.5. The first-order valence-corrected chi connectivity index (χ1v) is 5.83. The number of carbonyl (C=O) groups excluding carboxylic acids is 2. The smallest absolute Gasteiger partial charge is 0.258 e. The Bertz CT molecular complexity index is 447. The average molecular weight is 249 g/mol. The number of ether oxygens (including phenoxy) is 1. The molecule has 0 unspecified atom stereocenters. The van der Waals surface area contributed by atoms with Gasteiger partial charge >= 0.3 is 0 Å². The normalized spacial score (nSPS) is 10.9. The number of hydrogen-bond acceptors (Lipinski definition) is 3. The van der Waals surface area contributed by atoms with Crippen LogP contribution in [0.2, 0.25) is 0 Å². The zero-order chi connectivity index (χ0) is 13.8. The molecule has 0 aliphatic heterocycles. The van der Waals surface area contributed by atoms with Crippen LogP contribution >= 0.6 is 0 Å². The quantitative estimate of drug-likeness (QED) is 0.832. The molecule has 1 N–H and O–H groups in total. The summed E-state index contributed by atoms with van der Waals surface area (Å²) in [5.41, 5.74) is 0.297. The van der Waals surface area contributed by atoms with Gasteiger partial charge in [0, 0.05) is 11.1 Å². The highest BCUT2D eigenvalue weighted by molar-refractivity contribution is 5.94. The van der Waals surface area contributed by atoms with Crippen molar-refractivity contribution in [3.63, 3.8) is 0 Å². The van der Waals surface area contributed by atoms with Crippen LogP contribution in [0.3, 0.4) is 0 Å². The summed E-state index contributed by atoms with van der Waals surface area (Å²) in [6, 6.07) is 6.79. The second kappa shape index (κ2) is 5.67. The van der Waals surface area contributed by atoms with Crippen molar-refractivity contribution in [3.05, 3.63) is 29.8 Å². The minimum absolute atomic E-state index is 0.0282. The van der Waals surface area contributed by atoms with Gasteiger partial charge in [-0.1, -0.05) is 12.1 Å². The molecule has 0 radical (unpaired) electrons. The van der Waals surface area contributed by atoms with Crippen molar-refractivity contribution < 1.29 is 14.3 Å². The van der Waals surface area contributed by atoms with E-state index in [0.717, 1.165) is 0 Å². The van der Waals surface area contributed by atoms with E-state index in [1.54, 1.807) is 24.3 Å². The van der Waals surface area contributed by atoms with Crippen molar-refractivity contribution in [1.82, 2.24) is 5.32 Å². The predicted molar refractivity (Wildman–Crippen MR) is 69.8 cm³/mol. The maximum Gasteiger partial charge on any atom is 0.258 e. The summed E-state index contributed by atoms with van der Waals surface area (Å²) in [4.78, 5) is 22.7. The SMILES string of the molecule is CC(=O)c1cccc(OCC(=O)NC(C)(C)C)c1. The first kappa shape index (κ1) is 14.2. The average Bonchev–Trinajstić information content (AvgIpc) is 2.24. The minimum atomic E-state index is -0.276. The molecular formula is C14H19NO3. The van der Waals surface area contributed by atoms with Crippen molar-refractivity contribution in [2.24, 2.45) is 0 Å². The Labute approximate surface area is 107 Å². The molecular weight excluding hydrogens is 230 g/mol. The molecule has 0 heterocycles. The standard InChI is InChI=1S/C14H19NO3/c1-10(16)11-6-5-7-12(8-11)18-9-13(17)15-14(2,3)4/h5-8H,9H2,1-4H3,(H,15,17). The van der Waals surface area contributed by atoms with Crippen LogP contribution in [0.15, 0.2) is 24.3 Å². The molecule has 0 saturated heterocycles. The second-order valence-corrected chi connectivity index (χ2v) is 5.17. The molecule has 0 atom stereocenters. The molecule has 0 aliphatic carbocycles. The minimum Gasteiger partial charge on any atom is -0.484 e. The largest absolute Gasteiger partial charge is 0.484 e. The van der Waals surface area contributed by atoms with E-state index in [1.807, 2.05) is 20.8 Å². The first-order chi connectivity index (χ1) is 8.28. The van der Waals surface area contributed by atoms with Gasteiger partial charge in [0.1, 0.15) is 5.75 Å². The van der Waals surface area contributed by atoms with Crippen LogP contribution in [0, 0.1) is 0 Å². The summed E-state index contributed by atoms with van der Waals surface area (Å²) in [5.74, 6) is 0.307. The third kappa shape index (κ3) is 4.99. The molecule has 1 aromatic rings. The van der Waals surface area contributed by atoms with Crippen LogP contribution in [-0.4, -0.2) is 23.8 Å². The zero-order valence-corrected chi connectivity index (χ0v) is 11.2. The second-order valence-electron chi connectivity index (χ2n) is 5.17. The van der Waals surface area contributed by atoms with Gasteiger partial charge < -0.3 is 10.1 Å². The molecule has 1 amide bonds. The summed E-state index contributed by atoms with van der Waals surface area (Å²) in [6.45, 7) is 7.15. The van der Waals surface area contributed by atoms with Crippen molar-refractivity contribution in [2.75, 3.05) is 6.61 Å². The Morgan fingerprint density at radius 1 is 1.28 bits per heavy atom. The molecule has 18 heavy (non-hydrogen) atoms. The van der Waals surface area contributed by atoms with Crippen molar-refractivity contribution >= 4 is 11.7 Å². The summed E-state index contributed by atoms with van der Waals surface area (Å²) in [5, 5.41) is 2.80. The van der Waals surface area contributed by atoms with Crippen LogP contribution in [0.25, 0.3) is 0 Å². The summed E-state index contributed by atoms with van der Waals surface area (Å²) in [6.07, 6.45) is 0. The summed E-state index contributed by atoms with van der Waals surface area (Å²) >= 11 is 0. The lowest BCUT2D eigenvalue weighted by Gasteiger charge is -2.20. The number of carbonyl (C=O) groups is 2. The Morgan fingerprint density at radius 3 is 2.50 bits per heavy atom. The van der Waals surface area contributed by atoms with E-state index in [1.165, 1.54) is 6.92 Å². The van der Waals surface area contributed by atoms with E-state index in [9.17, 15) is 9.59 Å². The number of hydrogen-bond donors (Lipinski definition) is 1. The molecule has 0 fully saturated rings. The van der Waals surface area contributed by atoms with Gasteiger partial charge in [0.15, 0.2) is 12.4 Å².